The molecule has 2 N–H and O–H groups in total. The molecule has 1 amide bonds. The first kappa shape index (κ1) is 22.0. The number of nitrogens with one attached hydrogen (secondary N) is 2. The van der Waals surface area contributed by atoms with Crippen molar-refractivity contribution in [1.82, 2.24) is 20.1 Å². The number of hydrogen-bond acceptors (Lipinski definition) is 5. The first-order chi connectivity index (χ1) is 15.5. The summed E-state index contributed by atoms with van der Waals surface area (Å²) in [4.78, 5) is 33.5. The van der Waals surface area contributed by atoms with Gasteiger partial charge in [0.15, 0.2) is 0 Å². The molecule has 1 saturated heterocycles. The number of piperazine rings is 1. The van der Waals surface area contributed by atoms with E-state index in [1.807, 2.05) is 19.1 Å². The predicted octanol–water partition coefficient (Wildman–Crippen LogP) is 2.60. The maximum Gasteiger partial charge on any atom is 0.257 e. The van der Waals surface area contributed by atoms with Crippen molar-refractivity contribution in [2.24, 2.45) is 0 Å². The number of hydrogen-bond donors (Lipinski definition) is 2. The fourth-order valence-corrected chi connectivity index (χ4v) is 4.00. The van der Waals surface area contributed by atoms with Crippen LogP contribution in [0.2, 0.25) is 0 Å². The van der Waals surface area contributed by atoms with Gasteiger partial charge in [0.25, 0.3) is 5.91 Å². The number of nitrogens with zero attached hydrogens (tertiary/aromatic N) is 2. The van der Waals surface area contributed by atoms with Crippen molar-refractivity contribution >= 4 is 16.8 Å². The van der Waals surface area contributed by atoms with E-state index in [1.165, 1.54) is 11.8 Å². The predicted molar refractivity (Wildman–Crippen MR) is 126 cm³/mol. The second-order valence-corrected chi connectivity index (χ2v) is 8.25. The topological polar surface area (TPSA) is 77.7 Å². The summed E-state index contributed by atoms with van der Waals surface area (Å²) in [6.45, 7) is 7.97. The van der Waals surface area contributed by atoms with Gasteiger partial charge in [0, 0.05) is 56.4 Å². The fraction of sp³-hybridized carbons (Fsp3) is 0.360. The summed E-state index contributed by atoms with van der Waals surface area (Å²) in [5.74, 6) is 0.222. The second-order valence-electron chi connectivity index (χ2n) is 8.25. The number of pyridine rings is 1. The Morgan fingerprint density at radius 2 is 1.88 bits per heavy atom. The van der Waals surface area contributed by atoms with Crippen LogP contribution in [0, 0.1) is 0 Å². The van der Waals surface area contributed by atoms with E-state index < -0.39 is 0 Å². The monoisotopic (exact) mass is 434 g/mol. The van der Waals surface area contributed by atoms with Gasteiger partial charge in [0.2, 0.25) is 5.43 Å². The number of rotatable bonds is 7. The highest BCUT2D eigenvalue weighted by molar-refractivity contribution is 5.97. The average molecular weight is 435 g/mol. The molecule has 0 bridgehead atoms. The van der Waals surface area contributed by atoms with Crippen LogP contribution in [0.25, 0.3) is 10.9 Å². The van der Waals surface area contributed by atoms with Gasteiger partial charge in [-0.3, -0.25) is 14.5 Å². The molecule has 1 aliphatic rings. The van der Waals surface area contributed by atoms with E-state index in [9.17, 15) is 9.59 Å². The Morgan fingerprint density at radius 3 is 2.66 bits per heavy atom. The molecule has 168 valence electrons. The zero-order valence-corrected chi connectivity index (χ0v) is 18.7. The number of fused-ring (bicyclic) bond motifs is 1. The average Bonchev–Trinajstić information content (AvgIpc) is 2.80. The van der Waals surface area contributed by atoms with Crippen molar-refractivity contribution in [3.63, 3.8) is 0 Å². The first-order valence-electron chi connectivity index (χ1n) is 11.1. The number of carbonyl (C=O) groups is 1. The smallest absolute Gasteiger partial charge is 0.257 e. The molecule has 0 radical (unpaired) electrons. The van der Waals surface area contributed by atoms with E-state index in [-0.39, 0.29) is 16.9 Å². The minimum atomic E-state index is -0.389. The van der Waals surface area contributed by atoms with Crippen molar-refractivity contribution in [3.05, 3.63) is 75.6 Å². The van der Waals surface area contributed by atoms with E-state index in [1.54, 1.807) is 18.2 Å². The summed E-state index contributed by atoms with van der Waals surface area (Å²) < 4.78 is 5.49. The Hall–Kier alpha value is -3.16. The van der Waals surface area contributed by atoms with Crippen molar-refractivity contribution in [2.45, 2.75) is 20.0 Å². The molecule has 7 nitrogen and oxygen atoms in total. The van der Waals surface area contributed by atoms with Crippen molar-refractivity contribution in [3.8, 4) is 5.75 Å². The summed E-state index contributed by atoms with van der Waals surface area (Å²) in [6, 6.07) is 13.5. The number of benzene rings is 2. The number of aromatic amines is 1. The van der Waals surface area contributed by atoms with Crippen LogP contribution < -0.4 is 15.5 Å². The summed E-state index contributed by atoms with van der Waals surface area (Å²) in [5, 5.41) is 3.33. The first-order valence-corrected chi connectivity index (χ1v) is 11.1. The largest absolute Gasteiger partial charge is 0.494 e. The van der Waals surface area contributed by atoms with Gasteiger partial charge in [0.05, 0.1) is 6.61 Å². The van der Waals surface area contributed by atoms with Crippen LogP contribution in [0.15, 0.2) is 53.5 Å². The van der Waals surface area contributed by atoms with Gasteiger partial charge in [-0.25, -0.2) is 0 Å². The molecule has 0 saturated carbocycles. The molecule has 1 aromatic heterocycles. The number of likely N-dealkylation sites (N-methyl/N-ethyl adjacent to an activating group) is 1. The van der Waals surface area contributed by atoms with Gasteiger partial charge in [-0.15, -0.1) is 0 Å². The highest BCUT2D eigenvalue weighted by atomic mass is 16.5. The lowest BCUT2D eigenvalue weighted by Gasteiger charge is -2.32. The third kappa shape index (κ3) is 5.18. The molecular formula is C25H30N4O3. The summed E-state index contributed by atoms with van der Waals surface area (Å²) in [5.41, 5.74) is 2.71. The lowest BCUT2D eigenvalue weighted by molar-refractivity contribution is 0.0949. The molecule has 2 heterocycles. The zero-order chi connectivity index (χ0) is 22.5. The van der Waals surface area contributed by atoms with Gasteiger partial charge in [-0.2, -0.15) is 0 Å². The van der Waals surface area contributed by atoms with Gasteiger partial charge >= 0.3 is 0 Å². The van der Waals surface area contributed by atoms with Gasteiger partial charge in [0.1, 0.15) is 11.3 Å². The van der Waals surface area contributed by atoms with Gasteiger partial charge < -0.3 is 19.9 Å². The molecular weight excluding hydrogens is 404 g/mol. The summed E-state index contributed by atoms with van der Waals surface area (Å²) in [7, 11) is 2.15. The van der Waals surface area contributed by atoms with Crippen LogP contribution in [0.1, 0.15) is 28.4 Å². The van der Waals surface area contributed by atoms with Crippen molar-refractivity contribution in [2.75, 3.05) is 39.8 Å². The second kappa shape index (κ2) is 9.97. The number of H-pyrrole nitrogens is 1. The maximum atomic E-state index is 12.9. The number of carbonyl (C=O) groups excluding carboxylic acids is 1. The molecule has 32 heavy (non-hydrogen) atoms. The molecule has 7 heteroatoms. The minimum absolute atomic E-state index is 0.0970. The Balaban J connectivity index is 1.43. The Kier molecular flexibility index (Phi) is 6.87. The standard InChI is InChI=1S/C25H30N4O3/c1-3-32-20-7-8-23-21(14-20)24(30)22(16-26-23)25(31)27-15-18-5-4-6-19(13-18)17-29-11-9-28(2)10-12-29/h4-8,13-14,16H,3,9-12,15,17H2,1-2H3,(H,26,30)(H,27,31). The van der Waals surface area contributed by atoms with Gasteiger partial charge in [-0.05, 0) is 43.3 Å². The third-order valence-corrected chi connectivity index (χ3v) is 5.85. The third-order valence-electron chi connectivity index (χ3n) is 5.85. The SMILES string of the molecule is CCOc1ccc2[nH]cc(C(=O)NCc3cccc(CN4CCN(C)CC4)c3)c(=O)c2c1. The van der Waals surface area contributed by atoms with Crippen LogP contribution in [0.3, 0.4) is 0 Å². The van der Waals surface area contributed by atoms with Crippen LogP contribution in [-0.4, -0.2) is 60.5 Å². The normalized spacial score (nSPS) is 15.1. The highest BCUT2D eigenvalue weighted by Gasteiger charge is 2.15. The quantitative estimate of drug-likeness (QED) is 0.598. The van der Waals surface area contributed by atoms with E-state index in [2.05, 4.69) is 39.3 Å². The molecule has 0 atom stereocenters. The Labute approximate surface area is 188 Å². The highest BCUT2D eigenvalue weighted by Crippen LogP contribution is 2.17. The van der Waals surface area contributed by atoms with Crippen LogP contribution in [0.5, 0.6) is 5.75 Å². The van der Waals surface area contributed by atoms with E-state index in [0.717, 1.165) is 38.3 Å². The number of amides is 1. The van der Waals surface area contributed by atoms with Gasteiger partial charge in [-0.1, -0.05) is 24.3 Å². The zero-order valence-electron chi connectivity index (χ0n) is 18.7. The van der Waals surface area contributed by atoms with E-state index in [4.69, 9.17) is 4.74 Å². The van der Waals surface area contributed by atoms with Crippen LogP contribution in [0.4, 0.5) is 0 Å². The van der Waals surface area contributed by atoms with Crippen molar-refractivity contribution in [1.29, 1.82) is 0 Å². The molecule has 2 aromatic carbocycles. The van der Waals surface area contributed by atoms with E-state index >= 15 is 0 Å². The molecule has 0 spiro atoms. The fourth-order valence-electron chi connectivity index (χ4n) is 4.00. The number of aromatic nitrogens is 1. The maximum absolute atomic E-state index is 12.9. The van der Waals surface area contributed by atoms with Crippen molar-refractivity contribution < 1.29 is 9.53 Å². The molecule has 0 unspecified atom stereocenters. The molecule has 3 aromatic rings. The number of ether oxygens (including phenoxy) is 1. The molecule has 0 aliphatic carbocycles. The molecule has 1 aliphatic heterocycles. The Bertz CT molecular complexity index is 1150. The summed E-state index contributed by atoms with van der Waals surface area (Å²) >= 11 is 0. The van der Waals surface area contributed by atoms with Crippen LogP contribution in [-0.2, 0) is 13.1 Å². The van der Waals surface area contributed by atoms with E-state index in [0.29, 0.717) is 29.8 Å². The Morgan fingerprint density at radius 1 is 1.09 bits per heavy atom. The summed E-state index contributed by atoms with van der Waals surface area (Å²) in [6.07, 6.45) is 1.48. The lowest BCUT2D eigenvalue weighted by Crippen LogP contribution is -2.43. The lowest BCUT2D eigenvalue weighted by atomic mass is 10.1. The molecule has 1 fully saturated rings. The minimum Gasteiger partial charge on any atom is -0.494 e. The van der Waals surface area contributed by atoms with Crippen LogP contribution >= 0.6 is 0 Å². The molecule has 4 rings (SSSR count).